The van der Waals surface area contributed by atoms with Crippen molar-refractivity contribution in [2.45, 2.75) is 51.1 Å². The van der Waals surface area contributed by atoms with Crippen molar-refractivity contribution in [3.63, 3.8) is 0 Å². The molecule has 0 bridgehead atoms. The summed E-state index contributed by atoms with van der Waals surface area (Å²) in [6, 6.07) is 14.6. The third-order valence-electron chi connectivity index (χ3n) is 6.89. The minimum absolute atomic E-state index is 0.176. The molecule has 0 N–H and O–H groups in total. The maximum absolute atomic E-state index is 13.4. The van der Waals surface area contributed by atoms with Crippen LogP contribution in [0.4, 0.5) is 0 Å². The zero-order valence-electron chi connectivity index (χ0n) is 19.8. The van der Waals surface area contributed by atoms with Crippen LogP contribution in [0, 0.1) is 6.92 Å². The van der Waals surface area contributed by atoms with Gasteiger partial charge in [0, 0.05) is 31.5 Å². The van der Waals surface area contributed by atoms with E-state index in [9.17, 15) is 4.79 Å². The molecule has 0 radical (unpaired) electrons. The first-order valence-corrected chi connectivity index (χ1v) is 11.0. The summed E-state index contributed by atoms with van der Waals surface area (Å²) in [5.74, 6) is 1.85. The molecule has 1 amide bonds. The minimum atomic E-state index is -0.185. The summed E-state index contributed by atoms with van der Waals surface area (Å²) in [6.07, 6.45) is 2.43. The predicted molar refractivity (Wildman–Crippen MR) is 125 cm³/mol. The number of likely N-dealkylation sites (tertiary alicyclic amines) is 1. The van der Waals surface area contributed by atoms with E-state index in [1.165, 1.54) is 11.1 Å². The second-order valence-electron chi connectivity index (χ2n) is 9.02. The second kappa shape index (κ2) is 9.73. The van der Waals surface area contributed by atoms with Gasteiger partial charge in [-0.25, -0.2) is 0 Å². The molecular formula is C26H36N2O3. The van der Waals surface area contributed by atoms with Gasteiger partial charge < -0.3 is 19.3 Å². The molecule has 0 aromatic heterocycles. The Balaban J connectivity index is 1.85. The van der Waals surface area contributed by atoms with Gasteiger partial charge >= 0.3 is 0 Å². The van der Waals surface area contributed by atoms with E-state index in [-0.39, 0.29) is 11.3 Å². The molecular weight excluding hydrogens is 388 g/mol. The fourth-order valence-corrected chi connectivity index (χ4v) is 4.75. The molecule has 1 aliphatic heterocycles. The number of hydrogen-bond donors (Lipinski definition) is 0. The zero-order chi connectivity index (χ0) is 22.6. The Bertz CT molecular complexity index is 896. The van der Waals surface area contributed by atoms with Crippen molar-refractivity contribution >= 4 is 5.91 Å². The van der Waals surface area contributed by atoms with Crippen LogP contribution >= 0.6 is 0 Å². The van der Waals surface area contributed by atoms with E-state index in [0.29, 0.717) is 19.0 Å². The normalized spacial score (nSPS) is 21.5. The van der Waals surface area contributed by atoms with Crippen LogP contribution in [-0.4, -0.2) is 56.6 Å². The fraction of sp³-hybridized carbons (Fsp3) is 0.500. The van der Waals surface area contributed by atoms with Crippen LogP contribution in [-0.2, 0) is 16.8 Å². The highest BCUT2D eigenvalue weighted by molar-refractivity contribution is 5.78. The van der Waals surface area contributed by atoms with Gasteiger partial charge in [-0.2, -0.15) is 0 Å². The summed E-state index contributed by atoms with van der Waals surface area (Å²) in [6.45, 7) is 5.97. The Morgan fingerprint density at radius 3 is 2.39 bits per heavy atom. The van der Waals surface area contributed by atoms with Gasteiger partial charge in [0.15, 0.2) is 0 Å². The molecule has 1 saturated heterocycles. The quantitative estimate of drug-likeness (QED) is 0.660. The molecule has 0 aliphatic carbocycles. The molecule has 2 aromatic carbocycles. The molecule has 0 saturated carbocycles. The number of aryl methyl sites for hydroxylation is 1. The van der Waals surface area contributed by atoms with E-state index in [0.717, 1.165) is 36.4 Å². The number of nitrogens with zero attached hydrogens (tertiary/aromatic N) is 2. The van der Waals surface area contributed by atoms with Crippen molar-refractivity contribution in [1.82, 2.24) is 9.80 Å². The monoisotopic (exact) mass is 424 g/mol. The second-order valence-corrected chi connectivity index (χ2v) is 9.02. The SMILES string of the molecule is COc1ccc(CN(C)C(=O)CC2(c3cc(OC)ccc3C)CCN(C)C(C)C2)cc1. The van der Waals surface area contributed by atoms with Gasteiger partial charge in [-0.05, 0) is 81.2 Å². The number of piperidine rings is 1. The van der Waals surface area contributed by atoms with Gasteiger partial charge in [0.05, 0.1) is 14.2 Å². The van der Waals surface area contributed by atoms with Crippen molar-refractivity contribution < 1.29 is 14.3 Å². The number of rotatable bonds is 7. The molecule has 1 fully saturated rings. The standard InChI is InChI=1S/C26H36N2O3/c1-19-7-10-23(31-6)15-24(19)26(13-14-27(3)20(2)16-26)17-25(29)28(4)18-21-8-11-22(30-5)12-9-21/h7-12,15,20H,13-14,16-18H2,1-6H3. The average molecular weight is 425 g/mol. The molecule has 1 heterocycles. The lowest BCUT2D eigenvalue weighted by atomic mass is 9.67. The van der Waals surface area contributed by atoms with Crippen LogP contribution in [0.25, 0.3) is 0 Å². The highest BCUT2D eigenvalue weighted by Crippen LogP contribution is 2.43. The number of ether oxygens (including phenoxy) is 2. The van der Waals surface area contributed by atoms with E-state index in [1.54, 1.807) is 14.2 Å². The number of hydrogen-bond acceptors (Lipinski definition) is 4. The Kier molecular flexibility index (Phi) is 7.26. The van der Waals surface area contributed by atoms with E-state index < -0.39 is 0 Å². The molecule has 2 unspecified atom stereocenters. The lowest BCUT2D eigenvalue weighted by Crippen LogP contribution is -2.48. The van der Waals surface area contributed by atoms with E-state index in [4.69, 9.17) is 9.47 Å². The summed E-state index contributed by atoms with van der Waals surface area (Å²) < 4.78 is 10.8. The van der Waals surface area contributed by atoms with Crippen molar-refractivity contribution in [2.24, 2.45) is 0 Å². The molecule has 1 aliphatic rings. The zero-order valence-corrected chi connectivity index (χ0v) is 19.8. The Morgan fingerprint density at radius 2 is 1.77 bits per heavy atom. The van der Waals surface area contributed by atoms with Crippen LogP contribution in [0.1, 0.15) is 42.9 Å². The molecule has 5 nitrogen and oxygen atoms in total. The van der Waals surface area contributed by atoms with Crippen molar-refractivity contribution in [2.75, 3.05) is 34.9 Å². The molecule has 168 valence electrons. The average Bonchev–Trinajstić information content (AvgIpc) is 2.77. The minimum Gasteiger partial charge on any atom is -0.497 e. The summed E-state index contributed by atoms with van der Waals surface area (Å²) in [7, 11) is 7.43. The summed E-state index contributed by atoms with van der Waals surface area (Å²) in [5, 5.41) is 0. The lowest BCUT2D eigenvalue weighted by Gasteiger charge is -2.45. The topological polar surface area (TPSA) is 42.0 Å². The van der Waals surface area contributed by atoms with Crippen molar-refractivity contribution in [3.05, 3.63) is 59.2 Å². The maximum Gasteiger partial charge on any atom is 0.223 e. The van der Waals surface area contributed by atoms with Crippen molar-refractivity contribution in [1.29, 1.82) is 0 Å². The third-order valence-corrected chi connectivity index (χ3v) is 6.89. The Labute approximate surface area is 187 Å². The summed E-state index contributed by atoms with van der Waals surface area (Å²) in [5.41, 5.74) is 3.39. The highest BCUT2D eigenvalue weighted by atomic mass is 16.5. The number of carbonyl (C=O) groups is 1. The van der Waals surface area contributed by atoms with Crippen LogP contribution in [0.15, 0.2) is 42.5 Å². The van der Waals surface area contributed by atoms with Crippen LogP contribution in [0.5, 0.6) is 11.5 Å². The van der Waals surface area contributed by atoms with Crippen LogP contribution in [0.3, 0.4) is 0 Å². The largest absolute Gasteiger partial charge is 0.497 e. The number of carbonyl (C=O) groups excluding carboxylic acids is 1. The van der Waals surface area contributed by atoms with Gasteiger partial charge in [0.2, 0.25) is 5.91 Å². The lowest BCUT2D eigenvalue weighted by molar-refractivity contribution is -0.132. The molecule has 31 heavy (non-hydrogen) atoms. The Hall–Kier alpha value is -2.53. The van der Waals surface area contributed by atoms with E-state index in [1.807, 2.05) is 42.3 Å². The highest BCUT2D eigenvalue weighted by Gasteiger charge is 2.41. The smallest absolute Gasteiger partial charge is 0.223 e. The van der Waals surface area contributed by atoms with E-state index in [2.05, 4.69) is 37.9 Å². The van der Waals surface area contributed by atoms with Crippen LogP contribution < -0.4 is 9.47 Å². The summed E-state index contributed by atoms with van der Waals surface area (Å²) >= 11 is 0. The summed E-state index contributed by atoms with van der Waals surface area (Å²) in [4.78, 5) is 17.7. The third kappa shape index (κ3) is 5.21. The molecule has 0 spiro atoms. The van der Waals surface area contributed by atoms with Gasteiger partial charge in [-0.3, -0.25) is 4.79 Å². The number of methoxy groups -OCH3 is 2. The molecule has 3 rings (SSSR count). The first-order valence-electron chi connectivity index (χ1n) is 11.0. The number of amides is 1. The van der Waals surface area contributed by atoms with Crippen molar-refractivity contribution in [3.8, 4) is 11.5 Å². The molecule has 2 atom stereocenters. The van der Waals surface area contributed by atoms with Gasteiger partial charge in [0.1, 0.15) is 11.5 Å². The van der Waals surface area contributed by atoms with Crippen LogP contribution in [0.2, 0.25) is 0 Å². The maximum atomic E-state index is 13.4. The first kappa shape index (κ1) is 23.1. The van der Waals surface area contributed by atoms with Gasteiger partial charge in [0.25, 0.3) is 0 Å². The predicted octanol–water partition coefficient (Wildman–Crippen LogP) is 4.41. The van der Waals surface area contributed by atoms with Gasteiger partial charge in [-0.1, -0.05) is 18.2 Å². The van der Waals surface area contributed by atoms with Gasteiger partial charge in [-0.15, -0.1) is 0 Å². The molecule has 5 heteroatoms. The molecule has 2 aromatic rings. The fourth-order valence-electron chi connectivity index (χ4n) is 4.75. The Morgan fingerprint density at radius 1 is 1.13 bits per heavy atom. The van der Waals surface area contributed by atoms with E-state index >= 15 is 0 Å². The number of benzene rings is 2. The first-order chi connectivity index (χ1) is 14.8.